The lowest BCUT2D eigenvalue weighted by Crippen LogP contribution is -2.27. The number of nitrogens with one attached hydrogen (secondary N) is 2. The van der Waals surface area contributed by atoms with Crippen LogP contribution in [0.4, 0.5) is 5.69 Å². The van der Waals surface area contributed by atoms with Crippen LogP contribution in [0, 0.1) is 0 Å². The summed E-state index contributed by atoms with van der Waals surface area (Å²) in [6.45, 7) is 8.33. The summed E-state index contributed by atoms with van der Waals surface area (Å²) in [5.41, 5.74) is 3.16. The molecule has 2 aromatic carbocycles. The summed E-state index contributed by atoms with van der Waals surface area (Å²) in [5, 5.41) is 6.21. The van der Waals surface area contributed by atoms with Crippen LogP contribution in [-0.2, 0) is 4.79 Å². The molecule has 2 N–H and O–H groups in total. The van der Waals surface area contributed by atoms with E-state index >= 15 is 0 Å². The van der Waals surface area contributed by atoms with Gasteiger partial charge in [-0.3, -0.25) is 10.1 Å². The highest BCUT2D eigenvalue weighted by Gasteiger charge is 2.21. The first kappa shape index (κ1) is 17.9. The maximum Gasteiger partial charge on any atom is 0.238 e. The van der Waals surface area contributed by atoms with Gasteiger partial charge >= 0.3 is 0 Å². The first-order chi connectivity index (χ1) is 10.8. The second kappa shape index (κ2) is 9.74. The van der Waals surface area contributed by atoms with Gasteiger partial charge in [0.05, 0.1) is 12.6 Å². The molecule has 0 spiro atoms. The summed E-state index contributed by atoms with van der Waals surface area (Å²) in [6, 6.07) is 18.1. The van der Waals surface area contributed by atoms with Crippen molar-refractivity contribution >= 4 is 11.6 Å². The van der Waals surface area contributed by atoms with Gasteiger partial charge in [-0.1, -0.05) is 76.2 Å². The average Bonchev–Trinajstić information content (AvgIpc) is 2.77. The van der Waals surface area contributed by atoms with Gasteiger partial charge in [-0.05, 0) is 17.2 Å². The number of para-hydroxylation sites is 1. The van der Waals surface area contributed by atoms with Gasteiger partial charge in [-0.15, -0.1) is 0 Å². The fraction of sp³-hybridized carbons (Fsp3) is 0.316. The maximum absolute atomic E-state index is 11.6. The van der Waals surface area contributed by atoms with E-state index in [1.807, 2.05) is 70.2 Å². The molecule has 1 unspecified atom stereocenters. The molecule has 22 heavy (non-hydrogen) atoms. The normalized spacial score (nSPS) is 15.8. The molecule has 118 valence electrons. The van der Waals surface area contributed by atoms with Crippen LogP contribution in [0.25, 0.3) is 0 Å². The fourth-order valence-corrected chi connectivity index (χ4v) is 2.30. The average molecular weight is 298 g/mol. The Morgan fingerprint density at radius 2 is 1.45 bits per heavy atom. The molecule has 1 amide bonds. The Kier molecular flexibility index (Phi) is 7.94. The van der Waals surface area contributed by atoms with Crippen LogP contribution in [0.15, 0.2) is 54.6 Å². The van der Waals surface area contributed by atoms with E-state index in [1.54, 1.807) is 0 Å². The molecular weight excluding hydrogens is 272 g/mol. The van der Waals surface area contributed by atoms with Crippen molar-refractivity contribution in [2.45, 2.75) is 33.7 Å². The predicted octanol–water partition coefficient (Wildman–Crippen LogP) is 4.37. The second-order valence-corrected chi connectivity index (χ2v) is 4.36. The lowest BCUT2D eigenvalue weighted by molar-refractivity contribution is -0.115. The van der Waals surface area contributed by atoms with Crippen molar-refractivity contribution in [2.24, 2.45) is 0 Å². The minimum Gasteiger partial charge on any atom is -0.325 e. The second-order valence-electron chi connectivity index (χ2n) is 4.36. The Labute approximate surface area is 133 Å². The quantitative estimate of drug-likeness (QED) is 0.821. The third kappa shape index (κ3) is 4.43. The van der Waals surface area contributed by atoms with Crippen LogP contribution in [0.5, 0.6) is 0 Å². The molecule has 3 heteroatoms. The number of amides is 1. The van der Waals surface area contributed by atoms with Gasteiger partial charge in [-0.25, -0.2) is 0 Å². The lowest BCUT2D eigenvalue weighted by Gasteiger charge is -2.18. The molecule has 1 heterocycles. The van der Waals surface area contributed by atoms with Crippen molar-refractivity contribution in [3.8, 4) is 0 Å². The van der Waals surface area contributed by atoms with E-state index in [-0.39, 0.29) is 11.9 Å². The summed E-state index contributed by atoms with van der Waals surface area (Å²) in [4.78, 5) is 11.6. The largest absolute Gasteiger partial charge is 0.325 e. The van der Waals surface area contributed by atoms with E-state index in [0.29, 0.717) is 6.54 Å². The highest BCUT2D eigenvalue weighted by Crippen LogP contribution is 2.29. The molecule has 1 atom stereocenters. The van der Waals surface area contributed by atoms with Crippen molar-refractivity contribution in [1.29, 1.82) is 0 Å². The zero-order chi connectivity index (χ0) is 16.4. The van der Waals surface area contributed by atoms with Crippen LogP contribution in [0.3, 0.4) is 0 Å². The lowest BCUT2D eigenvalue weighted by atomic mass is 9.97. The molecule has 0 fully saturated rings. The number of hydrogen-bond acceptors (Lipinski definition) is 2. The van der Waals surface area contributed by atoms with E-state index in [0.717, 1.165) is 11.3 Å². The summed E-state index contributed by atoms with van der Waals surface area (Å²) < 4.78 is 0. The molecule has 1 aliphatic heterocycles. The summed E-state index contributed by atoms with van der Waals surface area (Å²) in [7, 11) is 0. The topological polar surface area (TPSA) is 41.1 Å². The molecule has 1 aliphatic rings. The Morgan fingerprint density at radius 3 is 2.14 bits per heavy atom. The van der Waals surface area contributed by atoms with Crippen LogP contribution in [0.2, 0.25) is 0 Å². The zero-order valence-corrected chi connectivity index (χ0v) is 13.9. The highest BCUT2D eigenvalue weighted by atomic mass is 16.1. The van der Waals surface area contributed by atoms with E-state index < -0.39 is 0 Å². The number of fused-ring (bicyclic) bond motifs is 1. The van der Waals surface area contributed by atoms with Crippen molar-refractivity contribution in [2.75, 3.05) is 11.9 Å². The van der Waals surface area contributed by atoms with E-state index in [4.69, 9.17) is 0 Å². The molecule has 2 aromatic rings. The molecule has 0 bridgehead atoms. The minimum atomic E-state index is 0.000816. The van der Waals surface area contributed by atoms with Gasteiger partial charge in [0, 0.05) is 5.69 Å². The Morgan fingerprint density at radius 1 is 0.864 bits per heavy atom. The fourth-order valence-electron chi connectivity index (χ4n) is 2.30. The third-order valence-electron chi connectivity index (χ3n) is 3.15. The molecule has 0 radical (unpaired) electrons. The highest BCUT2D eigenvalue weighted by molar-refractivity contribution is 5.94. The minimum absolute atomic E-state index is 0.000816. The first-order valence-electron chi connectivity index (χ1n) is 8.02. The van der Waals surface area contributed by atoms with Crippen LogP contribution in [0.1, 0.15) is 44.9 Å². The van der Waals surface area contributed by atoms with Crippen molar-refractivity contribution in [3.63, 3.8) is 0 Å². The number of rotatable bonds is 1. The van der Waals surface area contributed by atoms with Gasteiger partial charge < -0.3 is 5.32 Å². The molecule has 3 rings (SSSR count). The van der Waals surface area contributed by atoms with E-state index in [2.05, 4.69) is 22.8 Å². The van der Waals surface area contributed by atoms with Gasteiger partial charge in [-0.2, -0.15) is 0 Å². The molecule has 3 nitrogen and oxygen atoms in total. The number of carbonyl (C=O) groups is 1. The number of anilines is 1. The van der Waals surface area contributed by atoms with Crippen LogP contribution in [-0.4, -0.2) is 12.5 Å². The zero-order valence-electron chi connectivity index (χ0n) is 13.9. The molecule has 0 saturated carbocycles. The van der Waals surface area contributed by atoms with Gasteiger partial charge in [0.25, 0.3) is 0 Å². The number of carbonyl (C=O) groups excluding carboxylic acids is 1. The molecule has 0 aliphatic carbocycles. The van der Waals surface area contributed by atoms with Crippen molar-refractivity contribution in [3.05, 3.63) is 65.7 Å². The van der Waals surface area contributed by atoms with Gasteiger partial charge in [0.1, 0.15) is 0 Å². The predicted molar refractivity (Wildman–Crippen MR) is 94.1 cm³/mol. The van der Waals surface area contributed by atoms with Crippen LogP contribution >= 0.6 is 0 Å². The molecule has 0 aromatic heterocycles. The van der Waals surface area contributed by atoms with Gasteiger partial charge in [0.15, 0.2) is 0 Å². The summed E-state index contributed by atoms with van der Waals surface area (Å²) in [5.74, 6) is 0.000816. The standard InChI is InChI=1S/C15H14N2O.2C2H6/c18-14-10-16-15(11-6-2-1-3-7-11)12-8-4-5-9-13(12)17-14;2*1-2/h1-9,15-16H,10H2,(H,17,18);2*1-2H3. The van der Waals surface area contributed by atoms with Crippen LogP contribution < -0.4 is 10.6 Å². The Hall–Kier alpha value is -2.13. The van der Waals surface area contributed by atoms with E-state index in [9.17, 15) is 4.79 Å². The summed E-state index contributed by atoms with van der Waals surface area (Å²) >= 11 is 0. The van der Waals surface area contributed by atoms with E-state index in [1.165, 1.54) is 5.56 Å². The molecular formula is C19H26N2O. The van der Waals surface area contributed by atoms with Crippen molar-refractivity contribution < 1.29 is 4.79 Å². The Bertz CT molecular complexity index is 567. The Balaban J connectivity index is 0.000000561. The maximum atomic E-state index is 11.6. The summed E-state index contributed by atoms with van der Waals surface area (Å²) in [6.07, 6.45) is 0. The van der Waals surface area contributed by atoms with Gasteiger partial charge in [0.2, 0.25) is 5.91 Å². The first-order valence-corrected chi connectivity index (χ1v) is 8.02. The van der Waals surface area contributed by atoms with Crippen molar-refractivity contribution in [1.82, 2.24) is 5.32 Å². The number of hydrogen-bond donors (Lipinski definition) is 2. The monoisotopic (exact) mass is 298 g/mol. The number of benzene rings is 2. The third-order valence-corrected chi connectivity index (χ3v) is 3.15. The smallest absolute Gasteiger partial charge is 0.238 e. The SMILES string of the molecule is CC.CC.O=C1CNC(c2ccccc2)c2ccccc2N1. The molecule has 0 saturated heterocycles.